The third kappa shape index (κ3) is 1.09. The van der Waals surface area contributed by atoms with Crippen LogP contribution in [0.1, 0.15) is 32.1 Å². The van der Waals surface area contributed by atoms with Crippen LogP contribution in [0.25, 0.3) is 0 Å². The van der Waals surface area contributed by atoms with Crippen molar-refractivity contribution in [2.45, 2.75) is 38.2 Å². The number of rotatable bonds is 3. The van der Waals surface area contributed by atoms with Crippen molar-refractivity contribution < 1.29 is 10.2 Å². The van der Waals surface area contributed by atoms with Gasteiger partial charge in [0.25, 0.3) is 0 Å². The summed E-state index contributed by atoms with van der Waals surface area (Å²) in [6.07, 6.45) is 5.46. The molecule has 0 saturated heterocycles. The molecule has 2 nitrogen and oxygen atoms in total. The molecule has 0 spiro atoms. The van der Waals surface area contributed by atoms with E-state index in [0.717, 1.165) is 12.8 Å². The van der Waals surface area contributed by atoms with Crippen molar-refractivity contribution in [2.75, 3.05) is 6.61 Å². The Morgan fingerprint density at radius 2 is 2.00 bits per heavy atom. The molecule has 0 aliphatic heterocycles. The molecule has 0 aromatic carbocycles. The Labute approximate surface area is 67.2 Å². The molecule has 0 bridgehead atoms. The molecule has 2 heteroatoms. The lowest BCUT2D eigenvalue weighted by Crippen LogP contribution is -2.36. The van der Waals surface area contributed by atoms with Gasteiger partial charge in [0.1, 0.15) is 0 Å². The third-order valence-corrected chi connectivity index (χ3v) is 3.43. The monoisotopic (exact) mass is 156 g/mol. The van der Waals surface area contributed by atoms with E-state index in [1.165, 1.54) is 19.3 Å². The summed E-state index contributed by atoms with van der Waals surface area (Å²) < 4.78 is 0. The summed E-state index contributed by atoms with van der Waals surface area (Å²) >= 11 is 0. The fourth-order valence-electron chi connectivity index (χ4n) is 1.96. The zero-order valence-electron chi connectivity index (χ0n) is 6.79. The van der Waals surface area contributed by atoms with Gasteiger partial charge in [-0.1, -0.05) is 6.42 Å². The van der Waals surface area contributed by atoms with Crippen LogP contribution in [0.2, 0.25) is 0 Å². The van der Waals surface area contributed by atoms with Crippen molar-refractivity contribution in [1.29, 1.82) is 0 Å². The predicted molar refractivity (Wildman–Crippen MR) is 42.1 cm³/mol. The van der Waals surface area contributed by atoms with Crippen LogP contribution in [-0.4, -0.2) is 22.9 Å². The molecule has 0 aromatic heterocycles. The van der Waals surface area contributed by atoms with Gasteiger partial charge >= 0.3 is 0 Å². The molecule has 2 fully saturated rings. The molecule has 0 heterocycles. The molecule has 0 amide bonds. The van der Waals surface area contributed by atoms with E-state index in [4.69, 9.17) is 5.11 Å². The summed E-state index contributed by atoms with van der Waals surface area (Å²) in [7, 11) is 0. The highest BCUT2D eigenvalue weighted by Crippen LogP contribution is 2.53. The zero-order chi connectivity index (χ0) is 7.90. The van der Waals surface area contributed by atoms with E-state index in [9.17, 15) is 5.11 Å². The first-order valence-electron chi connectivity index (χ1n) is 4.57. The lowest BCUT2D eigenvalue weighted by atomic mass is 9.75. The van der Waals surface area contributed by atoms with Crippen LogP contribution >= 0.6 is 0 Å². The molecule has 0 unspecified atom stereocenters. The molecule has 0 aromatic rings. The van der Waals surface area contributed by atoms with E-state index in [1.54, 1.807) is 0 Å². The fraction of sp³-hybridized carbons (Fsp3) is 1.00. The molecule has 11 heavy (non-hydrogen) atoms. The van der Waals surface area contributed by atoms with Gasteiger partial charge in [-0.05, 0) is 31.6 Å². The Balaban J connectivity index is 1.92. The van der Waals surface area contributed by atoms with Gasteiger partial charge < -0.3 is 10.2 Å². The molecule has 2 aliphatic rings. The fourth-order valence-corrected chi connectivity index (χ4v) is 1.96. The quantitative estimate of drug-likeness (QED) is 0.638. The largest absolute Gasteiger partial charge is 0.396 e. The van der Waals surface area contributed by atoms with Crippen LogP contribution in [0.15, 0.2) is 0 Å². The van der Waals surface area contributed by atoms with Crippen molar-refractivity contribution >= 4 is 0 Å². The maximum absolute atomic E-state index is 9.80. The second kappa shape index (κ2) is 2.46. The van der Waals surface area contributed by atoms with Gasteiger partial charge in [-0.2, -0.15) is 0 Å². The average Bonchev–Trinajstić information content (AvgIpc) is 2.63. The summed E-state index contributed by atoms with van der Waals surface area (Å²) in [6.45, 7) is 0.185. The highest BCUT2D eigenvalue weighted by Gasteiger charge is 2.51. The van der Waals surface area contributed by atoms with E-state index >= 15 is 0 Å². The normalized spacial score (nSPS) is 31.1. The number of hydrogen-bond donors (Lipinski definition) is 2. The molecule has 1 atom stereocenters. The minimum atomic E-state index is -0.207. The molecule has 2 saturated carbocycles. The standard InChI is InChI=1S/C9H16O2/c10-6-9(4-5-9)8(11)7-2-1-3-7/h7-8,10-11H,1-6H2/t8-/m1/s1. The second-order valence-corrected chi connectivity index (χ2v) is 4.16. The van der Waals surface area contributed by atoms with E-state index < -0.39 is 0 Å². The van der Waals surface area contributed by atoms with Gasteiger partial charge in [-0.25, -0.2) is 0 Å². The van der Waals surface area contributed by atoms with Gasteiger partial charge in [-0.3, -0.25) is 0 Å². The van der Waals surface area contributed by atoms with Crippen molar-refractivity contribution in [3.63, 3.8) is 0 Å². The number of hydrogen-bond acceptors (Lipinski definition) is 2. The molecule has 64 valence electrons. The summed E-state index contributed by atoms with van der Waals surface area (Å²) in [5, 5.41) is 18.8. The lowest BCUT2D eigenvalue weighted by Gasteiger charge is -2.34. The molecule has 2 rings (SSSR count). The first-order valence-corrected chi connectivity index (χ1v) is 4.57. The first-order chi connectivity index (χ1) is 5.28. The van der Waals surface area contributed by atoms with E-state index in [-0.39, 0.29) is 18.1 Å². The van der Waals surface area contributed by atoms with Crippen LogP contribution in [0, 0.1) is 11.3 Å². The summed E-state index contributed by atoms with van der Waals surface area (Å²) in [4.78, 5) is 0. The third-order valence-electron chi connectivity index (χ3n) is 3.43. The van der Waals surface area contributed by atoms with Crippen molar-refractivity contribution in [1.82, 2.24) is 0 Å². The summed E-state index contributed by atoms with van der Waals surface area (Å²) in [6, 6.07) is 0. The highest BCUT2D eigenvalue weighted by molar-refractivity contribution is 5.01. The molecular weight excluding hydrogens is 140 g/mol. The van der Waals surface area contributed by atoms with Crippen molar-refractivity contribution in [3.8, 4) is 0 Å². The Bertz CT molecular complexity index is 148. The SMILES string of the molecule is OCC1([C@H](O)C2CCC2)CC1. The predicted octanol–water partition coefficient (Wildman–Crippen LogP) is 0.920. The van der Waals surface area contributed by atoms with Gasteiger partial charge in [0.05, 0.1) is 12.7 Å². The summed E-state index contributed by atoms with van der Waals surface area (Å²) in [5.74, 6) is 0.504. The van der Waals surface area contributed by atoms with Crippen LogP contribution in [0.4, 0.5) is 0 Å². The Morgan fingerprint density at radius 3 is 2.27 bits per heavy atom. The molecule has 2 aliphatic carbocycles. The Kier molecular flexibility index (Phi) is 1.69. The van der Waals surface area contributed by atoms with E-state index in [2.05, 4.69) is 0 Å². The zero-order valence-corrected chi connectivity index (χ0v) is 6.79. The van der Waals surface area contributed by atoms with Gasteiger partial charge in [0, 0.05) is 5.41 Å². The second-order valence-electron chi connectivity index (χ2n) is 4.16. The Morgan fingerprint density at radius 1 is 1.36 bits per heavy atom. The minimum Gasteiger partial charge on any atom is -0.396 e. The number of aliphatic hydroxyl groups excluding tert-OH is 2. The Hall–Kier alpha value is -0.0800. The van der Waals surface area contributed by atoms with E-state index in [0.29, 0.717) is 5.92 Å². The first kappa shape index (κ1) is 7.56. The van der Waals surface area contributed by atoms with Crippen LogP contribution in [0.3, 0.4) is 0 Å². The van der Waals surface area contributed by atoms with Crippen molar-refractivity contribution in [2.24, 2.45) is 11.3 Å². The van der Waals surface area contributed by atoms with Gasteiger partial charge in [-0.15, -0.1) is 0 Å². The lowest BCUT2D eigenvalue weighted by molar-refractivity contribution is -0.0192. The molecule has 0 radical (unpaired) electrons. The average molecular weight is 156 g/mol. The van der Waals surface area contributed by atoms with Crippen molar-refractivity contribution in [3.05, 3.63) is 0 Å². The minimum absolute atomic E-state index is 0.0644. The molecular formula is C9H16O2. The highest BCUT2D eigenvalue weighted by atomic mass is 16.3. The maximum Gasteiger partial charge on any atom is 0.0646 e. The molecule has 2 N–H and O–H groups in total. The van der Waals surface area contributed by atoms with Gasteiger partial charge in [0.15, 0.2) is 0 Å². The van der Waals surface area contributed by atoms with Crippen LogP contribution in [0.5, 0.6) is 0 Å². The summed E-state index contributed by atoms with van der Waals surface area (Å²) in [5.41, 5.74) is -0.0644. The topological polar surface area (TPSA) is 40.5 Å². The van der Waals surface area contributed by atoms with Gasteiger partial charge in [0.2, 0.25) is 0 Å². The maximum atomic E-state index is 9.80. The smallest absolute Gasteiger partial charge is 0.0646 e. The number of aliphatic hydroxyl groups is 2. The van der Waals surface area contributed by atoms with Crippen LogP contribution < -0.4 is 0 Å². The van der Waals surface area contributed by atoms with E-state index in [1.807, 2.05) is 0 Å². The van der Waals surface area contributed by atoms with Crippen LogP contribution in [-0.2, 0) is 0 Å².